The molecule has 0 aromatic carbocycles. The molecule has 400 valence electrons. The summed E-state index contributed by atoms with van der Waals surface area (Å²) in [6.45, 7) is 29.6. The summed E-state index contributed by atoms with van der Waals surface area (Å²) in [5.41, 5.74) is 10.7. The molecule has 2 amide bonds. The standard InChI is InChI=1S/C32H55NO2.C31H54N2O2/c1-7-30(34)33-19-20-35-25-15-17-31(5)24(21-25)11-12-26-28-14-13-27(23(4)10-8-9-22(2)3)32(28,6)18-16-29(26)31;1-21(2)7-6-8-22(3)26-11-12-27-25-10-9-23-19-24(35-18-17-33-29(34)20-32)13-15-30(23,4)28(25)14-16-31(26,27)5/h11,22-23,25-29H,7-10,12-21H2,1-6H3,(H,33,34);9,21-22,24-28H,6-8,10-20,32H2,1-5H3,(H,33,34)/t23-,25+,26+,27-,28+,29+,31+,32-;22-,24+,25+,26-,27+,28+,30+,31-/m11/s1. The summed E-state index contributed by atoms with van der Waals surface area (Å²) >= 11 is 0. The Morgan fingerprint density at radius 2 is 1.01 bits per heavy atom. The third-order valence-corrected chi connectivity index (χ3v) is 22.6. The predicted octanol–water partition coefficient (Wildman–Crippen LogP) is 14.4. The number of hydrogen-bond donors (Lipinski definition) is 3. The molecular weight excluding hydrogens is 863 g/mol. The molecule has 0 spiro atoms. The van der Waals surface area contributed by atoms with E-state index < -0.39 is 0 Å². The highest BCUT2D eigenvalue weighted by Gasteiger charge is 2.61. The zero-order valence-corrected chi connectivity index (χ0v) is 47.2. The van der Waals surface area contributed by atoms with E-state index in [-0.39, 0.29) is 18.4 Å². The number of carbonyl (C=O) groups excluding carboxylic acids is 2. The van der Waals surface area contributed by atoms with E-state index in [9.17, 15) is 9.59 Å². The molecule has 6 saturated carbocycles. The van der Waals surface area contributed by atoms with Gasteiger partial charge in [0.2, 0.25) is 11.8 Å². The molecule has 0 unspecified atom stereocenters. The van der Waals surface area contributed by atoms with Crippen LogP contribution in [0.3, 0.4) is 0 Å². The van der Waals surface area contributed by atoms with Crippen molar-refractivity contribution in [3.8, 4) is 0 Å². The Kier molecular flexibility index (Phi) is 19.5. The van der Waals surface area contributed by atoms with Crippen LogP contribution in [0.25, 0.3) is 0 Å². The van der Waals surface area contributed by atoms with Crippen LogP contribution in [0.2, 0.25) is 0 Å². The van der Waals surface area contributed by atoms with Crippen LogP contribution in [-0.2, 0) is 19.1 Å². The zero-order chi connectivity index (χ0) is 50.4. The normalized spacial score (nSPS) is 39.4. The second kappa shape index (κ2) is 24.3. The highest BCUT2D eigenvalue weighted by atomic mass is 16.5. The molecule has 0 aliphatic heterocycles. The smallest absolute Gasteiger partial charge is 0.233 e. The molecule has 0 aromatic heterocycles. The lowest BCUT2D eigenvalue weighted by Gasteiger charge is -2.58. The van der Waals surface area contributed by atoms with Crippen LogP contribution in [-0.4, -0.2) is 56.9 Å². The fourth-order valence-corrected chi connectivity index (χ4v) is 18.6. The summed E-state index contributed by atoms with van der Waals surface area (Å²) in [7, 11) is 0. The molecule has 6 fully saturated rings. The van der Waals surface area contributed by atoms with Crippen molar-refractivity contribution in [3.63, 3.8) is 0 Å². The van der Waals surface area contributed by atoms with Gasteiger partial charge in [-0.3, -0.25) is 9.59 Å². The second-order valence-electron chi connectivity index (χ2n) is 27.3. The molecule has 4 N–H and O–H groups in total. The molecular formula is C63H109N3O4. The van der Waals surface area contributed by atoms with Crippen LogP contribution in [0.15, 0.2) is 23.3 Å². The first-order valence-corrected chi connectivity index (χ1v) is 30.2. The van der Waals surface area contributed by atoms with Gasteiger partial charge < -0.3 is 25.8 Å². The highest BCUT2D eigenvalue weighted by molar-refractivity contribution is 5.77. The van der Waals surface area contributed by atoms with Crippen molar-refractivity contribution in [3.05, 3.63) is 23.3 Å². The summed E-state index contributed by atoms with van der Waals surface area (Å²) in [6, 6.07) is 0. The lowest BCUT2D eigenvalue weighted by atomic mass is 9.47. The van der Waals surface area contributed by atoms with Crippen molar-refractivity contribution in [2.75, 3.05) is 32.8 Å². The SMILES string of the molecule is CC(C)CCC[C@@H](C)[C@H]1CC[C@H]2[C@@H]3CC=C4C[C@@H](OCCNC(=O)CN)CC[C@]4(C)[C@H]3CC[C@]12C.CCC(=O)NCCO[C@H]1CC[C@@]2(C)C(=CC[C@H]3[C@@H]4CC[C@H]([C@H](C)CCCC(C)C)[C@@]4(C)CC[C@@H]32)C1. The summed E-state index contributed by atoms with van der Waals surface area (Å²) in [4.78, 5) is 22.8. The van der Waals surface area contributed by atoms with E-state index in [1.807, 2.05) is 6.92 Å². The number of fused-ring (bicyclic) bond motifs is 10. The van der Waals surface area contributed by atoms with Gasteiger partial charge in [0.05, 0.1) is 32.0 Å². The quantitative estimate of drug-likeness (QED) is 0.0833. The van der Waals surface area contributed by atoms with E-state index in [1.54, 1.807) is 11.1 Å². The zero-order valence-electron chi connectivity index (χ0n) is 47.2. The van der Waals surface area contributed by atoms with E-state index in [4.69, 9.17) is 15.2 Å². The number of amides is 2. The van der Waals surface area contributed by atoms with E-state index in [0.29, 0.717) is 66.6 Å². The van der Waals surface area contributed by atoms with Crippen molar-refractivity contribution in [2.45, 2.75) is 236 Å². The fraction of sp³-hybridized carbons (Fsp3) is 0.905. The first-order valence-electron chi connectivity index (χ1n) is 30.2. The number of hydrogen-bond acceptors (Lipinski definition) is 5. The topological polar surface area (TPSA) is 103 Å². The molecule has 8 aliphatic carbocycles. The number of carbonyl (C=O) groups is 2. The average molecular weight is 973 g/mol. The van der Waals surface area contributed by atoms with Crippen molar-refractivity contribution < 1.29 is 19.1 Å². The second-order valence-corrected chi connectivity index (χ2v) is 27.3. The minimum atomic E-state index is -0.103. The monoisotopic (exact) mass is 972 g/mol. The van der Waals surface area contributed by atoms with Crippen LogP contribution in [0.5, 0.6) is 0 Å². The Hall–Kier alpha value is -1.70. The van der Waals surface area contributed by atoms with E-state index in [0.717, 1.165) is 90.3 Å². The minimum Gasteiger partial charge on any atom is -0.376 e. The Bertz CT molecular complexity index is 1650. The molecule has 0 aromatic rings. The van der Waals surface area contributed by atoms with Crippen LogP contribution in [0.1, 0.15) is 224 Å². The third-order valence-electron chi connectivity index (χ3n) is 22.6. The summed E-state index contributed by atoms with van der Waals surface area (Å²) < 4.78 is 12.4. The van der Waals surface area contributed by atoms with Gasteiger partial charge in [-0.15, -0.1) is 0 Å². The highest BCUT2D eigenvalue weighted by Crippen LogP contribution is 2.69. The molecule has 0 saturated heterocycles. The van der Waals surface area contributed by atoms with E-state index in [1.165, 1.54) is 122 Å². The molecule has 7 nitrogen and oxygen atoms in total. The fourth-order valence-electron chi connectivity index (χ4n) is 18.6. The van der Waals surface area contributed by atoms with E-state index in [2.05, 4.69) is 92.0 Å². The number of allylic oxidation sites excluding steroid dienone is 2. The third kappa shape index (κ3) is 12.2. The van der Waals surface area contributed by atoms with Gasteiger partial charge in [-0.25, -0.2) is 0 Å². The van der Waals surface area contributed by atoms with Gasteiger partial charge in [-0.2, -0.15) is 0 Å². The Labute approximate surface area is 430 Å². The number of nitrogens with one attached hydrogen (secondary N) is 2. The lowest BCUT2D eigenvalue weighted by Crippen LogP contribution is -2.51. The van der Waals surface area contributed by atoms with Gasteiger partial charge in [0.1, 0.15) is 0 Å². The van der Waals surface area contributed by atoms with Crippen molar-refractivity contribution in [2.24, 2.45) is 98.4 Å². The van der Waals surface area contributed by atoms with Gasteiger partial charge in [0, 0.05) is 19.5 Å². The van der Waals surface area contributed by atoms with Crippen LogP contribution < -0.4 is 16.4 Å². The molecule has 8 rings (SSSR count). The first kappa shape index (κ1) is 56.0. The maximum atomic E-state index is 11.5. The molecule has 0 heterocycles. The van der Waals surface area contributed by atoms with E-state index >= 15 is 0 Å². The summed E-state index contributed by atoms with van der Waals surface area (Å²) in [5.74, 6) is 10.7. The van der Waals surface area contributed by atoms with Gasteiger partial charge in [0.25, 0.3) is 0 Å². The largest absolute Gasteiger partial charge is 0.376 e. The van der Waals surface area contributed by atoms with Gasteiger partial charge in [0.15, 0.2) is 0 Å². The van der Waals surface area contributed by atoms with Crippen LogP contribution >= 0.6 is 0 Å². The average Bonchev–Trinajstić information content (AvgIpc) is 3.88. The number of rotatable bonds is 20. The van der Waals surface area contributed by atoms with Crippen LogP contribution in [0.4, 0.5) is 0 Å². The Morgan fingerprint density at radius 3 is 1.41 bits per heavy atom. The van der Waals surface area contributed by atoms with Crippen molar-refractivity contribution >= 4 is 11.8 Å². The molecule has 7 heteroatoms. The molecule has 0 radical (unpaired) electrons. The molecule has 8 aliphatic rings. The molecule has 70 heavy (non-hydrogen) atoms. The van der Waals surface area contributed by atoms with Gasteiger partial charge in [-0.05, 0) is 195 Å². The first-order chi connectivity index (χ1) is 33.4. The maximum Gasteiger partial charge on any atom is 0.233 e. The van der Waals surface area contributed by atoms with Gasteiger partial charge >= 0.3 is 0 Å². The van der Waals surface area contributed by atoms with Crippen LogP contribution in [0, 0.1) is 92.7 Å². The predicted molar refractivity (Wildman–Crippen MR) is 291 cm³/mol. The number of ether oxygens (including phenoxy) is 2. The maximum absolute atomic E-state index is 11.5. The lowest BCUT2D eigenvalue weighted by molar-refractivity contribution is -0.121. The Balaban J connectivity index is 0.000000206. The summed E-state index contributed by atoms with van der Waals surface area (Å²) in [5, 5.41) is 5.77. The molecule has 0 bridgehead atoms. The number of nitrogens with two attached hydrogens (primary N) is 1. The summed E-state index contributed by atoms with van der Waals surface area (Å²) in [6.07, 6.45) is 36.3. The Morgan fingerprint density at radius 1 is 0.586 bits per heavy atom. The van der Waals surface area contributed by atoms with Crippen molar-refractivity contribution in [1.29, 1.82) is 0 Å². The minimum absolute atomic E-state index is 0.0507. The van der Waals surface area contributed by atoms with Crippen molar-refractivity contribution in [1.82, 2.24) is 10.6 Å². The van der Waals surface area contributed by atoms with Gasteiger partial charge in [-0.1, -0.05) is 138 Å². The molecule has 16 atom stereocenters.